The van der Waals surface area contributed by atoms with Crippen molar-refractivity contribution in [3.63, 3.8) is 0 Å². The second-order valence-electron chi connectivity index (χ2n) is 8.25. The Morgan fingerprint density at radius 1 is 1.25 bits per heavy atom. The summed E-state index contributed by atoms with van der Waals surface area (Å²) < 4.78 is 57.8. The highest BCUT2D eigenvalue weighted by molar-refractivity contribution is 6.05. The average molecular weight is 503 g/mol. The number of hydrazine groups is 1. The number of ether oxygens (including phenoxy) is 1. The number of amides is 2. The largest absolute Gasteiger partial charge is 0.495 e. The molecule has 1 saturated heterocycles. The monoisotopic (exact) mass is 503 g/mol. The number of carbonyl (C=O) groups excluding carboxylic acids is 2. The molecule has 2 amide bonds. The van der Waals surface area contributed by atoms with Crippen molar-refractivity contribution in [1.29, 1.82) is 5.26 Å². The third-order valence-electron chi connectivity index (χ3n) is 6.04. The van der Waals surface area contributed by atoms with Gasteiger partial charge in [0, 0.05) is 35.4 Å². The van der Waals surface area contributed by atoms with Crippen LogP contribution in [0.3, 0.4) is 0 Å². The number of hydrogen-bond donors (Lipinski definition) is 2. The molecule has 1 fully saturated rings. The van der Waals surface area contributed by atoms with Gasteiger partial charge < -0.3 is 15.1 Å². The van der Waals surface area contributed by atoms with Crippen molar-refractivity contribution < 1.29 is 31.9 Å². The Morgan fingerprint density at radius 3 is 2.56 bits per heavy atom. The molecule has 12 heteroatoms. The Kier molecular flexibility index (Phi) is 6.60. The smallest absolute Gasteiger partial charge is 0.332 e. The number of hydrogen-bond acceptors (Lipinski definition) is 6. The number of nitrogens with zero attached hydrogens (tertiary/aromatic N) is 3. The first-order valence-corrected chi connectivity index (χ1v) is 10.8. The topological polar surface area (TPSA) is 97.7 Å². The highest BCUT2D eigenvalue weighted by Gasteiger charge is 2.48. The van der Waals surface area contributed by atoms with E-state index in [1.807, 2.05) is 6.07 Å². The zero-order valence-electron chi connectivity index (χ0n) is 19.1. The fourth-order valence-corrected chi connectivity index (χ4v) is 4.22. The summed E-state index contributed by atoms with van der Waals surface area (Å²) in [5.74, 6) is -5.78. The fourth-order valence-electron chi connectivity index (χ4n) is 4.22. The minimum atomic E-state index is -4.32. The summed E-state index contributed by atoms with van der Waals surface area (Å²) in [5, 5.41) is 13.5. The zero-order valence-corrected chi connectivity index (χ0v) is 19.1. The van der Waals surface area contributed by atoms with Crippen LogP contribution < -0.4 is 20.4 Å². The molecule has 0 spiro atoms. The third kappa shape index (κ3) is 4.33. The van der Waals surface area contributed by atoms with Crippen LogP contribution in [0.15, 0.2) is 54.4 Å². The first kappa shape index (κ1) is 25.0. The normalized spacial score (nSPS) is 19.6. The lowest BCUT2D eigenvalue weighted by atomic mass is 9.96. The Hall–Kier alpha value is -4.11. The zero-order chi connectivity index (χ0) is 26.2. The lowest BCUT2D eigenvalue weighted by molar-refractivity contribution is -0.135. The molecule has 0 saturated carbocycles. The lowest BCUT2D eigenvalue weighted by Crippen LogP contribution is -2.53. The number of carbonyl (C=O) groups is 2. The molecule has 0 bridgehead atoms. The maximum Gasteiger partial charge on any atom is 0.332 e. The predicted octanol–water partition coefficient (Wildman–Crippen LogP) is 3.58. The highest BCUT2D eigenvalue weighted by atomic mass is 19.3. The first-order valence-electron chi connectivity index (χ1n) is 10.8. The quantitative estimate of drug-likeness (QED) is 0.585. The molecule has 188 valence electrons. The summed E-state index contributed by atoms with van der Waals surface area (Å²) in [5.41, 5.74) is 3.32. The minimum Gasteiger partial charge on any atom is -0.495 e. The molecule has 0 aliphatic carbocycles. The summed E-state index contributed by atoms with van der Waals surface area (Å²) in [7, 11) is 1.42. The van der Waals surface area contributed by atoms with Crippen LogP contribution in [0.2, 0.25) is 0 Å². The average Bonchev–Trinajstić information content (AvgIpc) is 3.28. The number of methoxy groups -OCH3 is 1. The Bertz CT molecular complexity index is 1260. The molecule has 2 N–H and O–H groups in total. The van der Waals surface area contributed by atoms with E-state index >= 15 is 0 Å². The van der Waals surface area contributed by atoms with Crippen LogP contribution in [0.5, 0.6) is 5.75 Å². The van der Waals surface area contributed by atoms with Gasteiger partial charge in [0.1, 0.15) is 17.9 Å². The Labute approximate surface area is 203 Å². The van der Waals surface area contributed by atoms with Crippen LogP contribution in [0.4, 0.5) is 28.9 Å². The summed E-state index contributed by atoms with van der Waals surface area (Å²) in [6, 6.07) is 9.59. The van der Waals surface area contributed by atoms with Gasteiger partial charge >= 0.3 is 12.3 Å². The Balaban J connectivity index is 1.56. The molecule has 2 aliphatic heterocycles. The Morgan fingerprint density at radius 2 is 1.94 bits per heavy atom. The maximum absolute atomic E-state index is 13.7. The van der Waals surface area contributed by atoms with E-state index in [1.54, 1.807) is 19.2 Å². The summed E-state index contributed by atoms with van der Waals surface area (Å²) >= 11 is 0. The first-order chi connectivity index (χ1) is 17.1. The van der Waals surface area contributed by atoms with Crippen molar-refractivity contribution in [2.75, 3.05) is 23.9 Å². The van der Waals surface area contributed by atoms with E-state index in [0.717, 1.165) is 24.3 Å². The molecule has 8 nitrogen and oxygen atoms in total. The van der Waals surface area contributed by atoms with Gasteiger partial charge in [0.25, 0.3) is 5.91 Å². The van der Waals surface area contributed by atoms with E-state index in [0.29, 0.717) is 17.1 Å². The molecule has 2 aliphatic rings. The van der Waals surface area contributed by atoms with Gasteiger partial charge in [-0.15, -0.1) is 0 Å². The van der Waals surface area contributed by atoms with E-state index in [1.165, 1.54) is 29.2 Å². The SMILES string of the molecule is COc1ccc(NC(=O)[C@H]2CNN3C=C(C)N(c4ccc(C(F)(F)C(F)F)cc4)C(=O)C23)cc1C#N. The maximum atomic E-state index is 13.7. The van der Waals surface area contributed by atoms with Crippen LogP contribution in [0, 0.1) is 17.2 Å². The van der Waals surface area contributed by atoms with Crippen LogP contribution in [-0.4, -0.2) is 42.9 Å². The minimum absolute atomic E-state index is 0.140. The van der Waals surface area contributed by atoms with Crippen LogP contribution >= 0.6 is 0 Å². The van der Waals surface area contributed by atoms with Crippen molar-refractivity contribution >= 4 is 23.2 Å². The van der Waals surface area contributed by atoms with Crippen molar-refractivity contribution in [2.24, 2.45) is 5.92 Å². The molecular formula is C24H21F4N5O3. The van der Waals surface area contributed by atoms with Crippen molar-refractivity contribution in [2.45, 2.75) is 25.3 Å². The number of nitriles is 1. The van der Waals surface area contributed by atoms with Gasteiger partial charge in [0.15, 0.2) is 0 Å². The second kappa shape index (κ2) is 9.50. The molecule has 2 aromatic carbocycles. The number of nitrogens with one attached hydrogen (secondary N) is 2. The number of allylic oxidation sites excluding steroid dienone is 1. The van der Waals surface area contributed by atoms with E-state index in [2.05, 4.69) is 10.7 Å². The summed E-state index contributed by atoms with van der Waals surface area (Å²) in [6.07, 6.45) is -2.27. The van der Waals surface area contributed by atoms with Gasteiger partial charge in [-0.25, -0.2) is 14.2 Å². The number of halogens is 4. The molecular weight excluding hydrogens is 482 g/mol. The van der Waals surface area contributed by atoms with Gasteiger partial charge in [0.2, 0.25) is 5.91 Å². The van der Waals surface area contributed by atoms with Crippen LogP contribution in [0.25, 0.3) is 0 Å². The van der Waals surface area contributed by atoms with Crippen molar-refractivity contribution in [3.8, 4) is 11.8 Å². The molecule has 1 unspecified atom stereocenters. The molecule has 0 aromatic heterocycles. The predicted molar refractivity (Wildman–Crippen MR) is 121 cm³/mol. The van der Waals surface area contributed by atoms with Gasteiger partial charge in [-0.05, 0) is 37.3 Å². The van der Waals surface area contributed by atoms with Gasteiger partial charge in [-0.3, -0.25) is 14.5 Å². The fraction of sp³-hybridized carbons (Fsp3) is 0.292. The number of alkyl halides is 4. The van der Waals surface area contributed by atoms with Crippen LogP contribution in [0.1, 0.15) is 18.1 Å². The second-order valence-corrected chi connectivity index (χ2v) is 8.25. The van der Waals surface area contributed by atoms with Gasteiger partial charge in [0.05, 0.1) is 18.6 Å². The summed E-state index contributed by atoms with van der Waals surface area (Å²) in [6.45, 7) is 1.76. The van der Waals surface area contributed by atoms with Crippen molar-refractivity contribution in [1.82, 2.24) is 10.4 Å². The van der Waals surface area contributed by atoms with Crippen LogP contribution in [-0.2, 0) is 15.5 Å². The standard InChI is InChI=1S/C24H21F4N5O3/c1-13-12-32-20(22(35)33(13)17-6-3-15(4-7-17)24(27,28)23(25)26)18(11-30-32)21(34)31-16-5-8-19(36-2)14(9-16)10-29/h3-9,12,18,20,23,30H,11H2,1-2H3,(H,31,34)/t18-,20?/m0/s1. The van der Waals surface area contributed by atoms with Gasteiger partial charge in [-0.2, -0.15) is 14.0 Å². The molecule has 2 heterocycles. The van der Waals surface area contributed by atoms with Crippen molar-refractivity contribution in [3.05, 3.63) is 65.5 Å². The molecule has 2 atom stereocenters. The lowest BCUT2D eigenvalue weighted by Gasteiger charge is -2.36. The van der Waals surface area contributed by atoms with E-state index < -0.39 is 41.7 Å². The van der Waals surface area contributed by atoms with Gasteiger partial charge in [-0.1, -0.05) is 12.1 Å². The number of benzene rings is 2. The molecule has 36 heavy (non-hydrogen) atoms. The van der Waals surface area contributed by atoms with E-state index in [-0.39, 0.29) is 17.8 Å². The summed E-state index contributed by atoms with van der Waals surface area (Å²) in [4.78, 5) is 27.8. The third-order valence-corrected chi connectivity index (χ3v) is 6.04. The number of rotatable bonds is 6. The van der Waals surface area contributed by atoms with E-state index in [9.17, 15) is 32.4 Å². The number of fused-ring (bicyclic) bond motifs is 1. The van der Waals surface area contributed by atoms with E-state index in [4.69, 9.17) is 4.74 Å². The molecule has 0 radical (unpaired) electrons. The molecule has 2 aromatic rings. The molecule has 4 rings (SSSR count). The highest BCUT2D eigenvalue weighted by Crippen LogP contribution is 2.37. The number of anilines is 2.